The molecule has 0 saturated heterocycles. The van der Waals surface area contributed by atoms with Gasteiger partial charge in [-0.1, -0.05) is 12.1 Å². The monoisotopic (exact) mass is 434 g/mol. The van der Waals surface area contributed by atoms with E-state index in [4.69, 9.17) is 9.15 Å². The smallest absolute Gasteiger partial charge is 0.416 e. The fraction of sp³-hybridized carbons (Fsp3) is 0.286. The lowest BCUT2D eigenvalue weighted by Crippen LogP contribution is -2.32. The predicted octanol–water partition coefficient (Wildman–Crippen LogP) is 5.52. The summed E-state index contributed by atoms with van der Waals surface area (Å²) in [7, 11) is 0. The second-order valence-electron chi connectivity index (χ2n) is 7.60. The number of alkyl carbamates (subject to hydrolysis) is 1. The summed E-state index contributed by atoms with van der Waals surface area (Å²) in [6, 6.07) is 11.7. The maximum atomic E-state index is 12.7. The van der Waals surface area contributed by atoms with E-state index >= 15 is 0 Å². The van der Waals surface area contributed by atoms with Crippen LogP contribution in [0.25, 0.3) is 11.5 Å². The van der Waals surface area contributed by atoms with Gasteiger partial charge >= 0.3 is 12.3 Å². The molecular formula is C21H21F3N4O3. The Hall–Kier alpha value is -3.56. The first-order valence-corrected chi connectivity index (χ1v) is 9.34. The number of rotatable bonds is 5. The van der Waals surface area contributed by atoms with Crippen molar-refractivity contribution in [3.05, 3.63) is 60.0 Å². The number of alkyl halides is 3. The minimum atomic E-state index is -4.40. The normalized spacial score (nSPS) is 11.8. The van der Waals surface area contributed by atoms with Gasteiger partial charge in [-0.15, -0.1) is 10.2 Å². The summed E-state index contributed by atoms with van der Waals surface area (Å²) in [6.45, 7) is 5.23. The molecule has 0 unspecified atom stereocenters. The Balaban J connectivity index is 1.71. The highest BCUT2D eigenvalue weighted by Gasteiger charge is 2.30. The van der Waals surface area contributed by atoms with E-state index in [0.29, 0.717) is 16.9 Å². The fourth-order valence-electron chi connectivity index (χ4n) is 2.57. The quantitative estimate of drug-likeness (QED) is 0.549. The molecule has 0 aliphatic rings. The van der Waals surface area contributed by atoms with Crippen molar-refractivity contribution in [1.29, 1.82) is 0 Å². The fourth-order valence-corrected chi connectivity index (χ4v) is 2.57. The summed E-state index contributed by atoms with van der Waals surface area (Å²) in [6.07, 6.45) is -5.01. The molecule has 31 heavy (non-hydrogen) atoms. The molecule has 1 aromatic heterocycles. The van der Waals surface area contributed by atoms with Gasteiger partial charge in [0.2, 0.25) is 11.8 Å². The van der Waals surface area contributed by atoms with Crippen molar-refractivity contribution in [3.63, 3.8) is 0 Å². The van der Waals surface area contributed by atoms with Gasteiger partial charge in [0.1, 0.15) is 5.60 Å². The average Bonchev–Trinajstić information content (AvgIpc) is 3.14. The lowest BCUT2D eigenvalue weighted by molar-refractivity contribution is -0.137. The van der Waals surface area contributed by atoms with E-state index < -0.39 is 23.4 Å². The van der Waals surface area contributed by atoms with Crippen molar-refractivity contribution >= 4 is 17.5 Å². The summed E-state index contributed by atoms with van der Waals surface area (Å²) in [5, 5.41) is 13.5. The molecule has 3 aromatic rings. The van der Waals surface area contributed by atoms with Crippen LogP contribution in [0.2, 0.25) is 0 Å². The minimum Gasteiger partial charge on any atom is -0.444 e. The van der Waals surface area contributed by atoms with Crippen molar-refractivity contribution in [1.82, 2.24) is 15.5 Å². The van der Waals surface area contributed by atoms with Gasteiger partial charge in [0.15, 0.2) is 0 Å². The topological polar surface area (TPSA) is 89.3 Å². The number of halogens is 3. The van der Waals surface area contributed by atoms with Crippen LogP contribution in [0, 0.1) is 0 Å². The van der Waals surface area contributed by atoms with Crippen LogP contribution in [-0.4, -0.2) is 21.9 Å². The van der Waals surface area contributed by atoms with Crippen molar-refractivity contribution in [2.75, 3.05) is 5.32 Å². The summed E-state index contributed by atoms with van der Waals surface area (Å²) in [5.41, 5.74) is 0.223. The first-order valence-electron chi connectivity index (χ1n) is 9.34. The second kappa shape index (κ2) is 8.66. The van der Waals surface area contributed by atoms with Gasteiger partial charge in [0.25, 0.3) is 0 Å². The van der Waals surface area contributed by atoms with Gasteiger partial charge in [-0.05, 0) is 57.2 Å². The SMILES string of the molecule is CC(C)(C)OC(=O)NCc1nnc(-c2ccccc2Nc2ccc(C(F)(F)F)cc2)o1. The Kier molecular flexibility index (Phi) is 6.19. The number of hydrogen-bond donors (Lipinski definition) is 2. The lowest BCUT2D eigenvalue weighted by Gasteiger charge is -2.19. The number of carbonyl (C=O) groups excluding carboxylic acids is 1. The first-order chi connectivity index (χ1) is 14.5. The molecule has 10 heteroatoms. The van der Waals surface area contributed by atoms with Crippen molar-refractivity contribution in [2.45, 2.75) is 39.1 Å². The largest absolute Gasteiger partial charge is 0.444 e. The molecule has 1 amide bonds. The molecule has 2 N–H and O–H groups in total. The molecule has 0 radical (unpaired) electrons. The van der Waals surface area contributed by atoms with E-state index in [1.165, 1.54) is 12.1 Å². The molecule has 0 fully saturated rings. The Bertz CT molecular complexity index is 1040. The summed E-state index contributed by atoms with van der Waals surface area (Å²) < 4.78 is 49.0. The van der Waals surface area contributed by atoms with Crippen LogP contribution in [0.3, 0.4) is 0 Å². The Morgan fingerprint density at radius 1 is 1.03 bits per heavy atom. The van der Waals surface area contributed by atoms with Crippen molar-refractivity contribution < 1.29 is 27.1 Å². The molecule has 0 bridgehead atoms. The molecule has 0 aliphatic carbocycles. The number of nitrogens with one attached hydrogen (secondary N) is 2. The van der Waals surface area contributed by atoms with E-state index in [-0.39, 0.29) is 18.3 Å². The molecular weight excluding hydrogens is 413 g/mol. The highest BCUT2D eigenvalue weighted by atomic mass is 19.4. The molecule has 0 spiro atoms. The number of aromatic nitrogens is 2. The molecule has 0 atom stereocenters. The number of ether oxygens (including phenoxy) is 1. The van der Waals surface area contributed by atoms with Crippen LogP contribution in [-0.2, 0) is 17.5 Å². The first kappa shape index (κ1) is 22.1. The summed E-state index contributed by atoms with van der Waals surface area (Å²) >= 11 is 0. The maximum absolute atomic E-state index is 12.7. The predicted molar refractivity (Wildman–Crippen MR) is 108 cm³/mol. The zero-order chi connectivity index (χ0) is 22.6. The Morgan fingerprint density at radius 3 is 2.35 bits per heavy atom. The highest BCUT2D eigenvalue weighted by molar-refractivity contribution is 5.76. The highest BCUT2D eigenvalue weighted by Crippen LogP contribution is 2.32. The number of nitrogens with zero attached hydrogens (tertiary/aromatic N) is 2. The number of para-hydroxylation sites is 1. The van der Waals surface area contributed by atoms with Gasteiger partial charge in [-0.3, -0.25) is 0 Å². The maximum Gasteiger partial charge on any atom is 0.416 e. The second-order valence-corrected chi connectivity index (χ2v) is 7.60. The van der Waals surface area contributed by atoms with Gasteiger partial charge < -0.3 is 19.8 Å². The van der Waals surface area contributed by atoms with Gasteiger partial charge in [0.05, 0.1) is 23.4 Å². The van der Waals surface area contributed by atoms with Gasteiger partial charge in [-0.2, -0.15) is 13.2 Å². The van der Waals surface area contributed by atoms with Crippen molar-refractivity contribution in [3.8, 4) is 11.5 Å². The lowest BCUT2D eigenvalue weighted by atomic mass is 10.1. The van der Waals surface area contributed by atoms with E-state index in [9.17, 15) is 18.0 Å². The van der Waals surface area contributed by atoms with Crippen LogP contribution in [0.4, 0.5) is 29.3 Å². The molecule has 1 heterocycles. The van der Waals surface area contributed by atoms with E-state index in [1.807, 2.05) is 0 Å². The Morgan fingerprint density at radius 2 is 1.71 bits per heavy atom. The standard InChI is InChI=1S/C21H21F3N4O3/c1-20(2,3)31-19(29)25-12-17-27-28-18(30-17)15-6-4-5-7-16(15)26-14-10-8-13(9-11-14)21(22,23)24/h4-11,26H,12H2,1-3H3,(H,25,29). The number of amides is 1. The van der Waals surface area contributed by atoms with Crippen LogP contribution in [0.1, 0.15) is 32.2 Å². The van der Waals surface area contributed by atoms with E-state index in [1.54, 1.807) is 45.0 Å². The van der Waals surface area contributed by atoms with Crippen LogP contribution in [0.5, 0.6) is 0 Å². The third-order valence-electron chi connectivity index (χ3n) is 3.90. The van der Waals surface area contributed by atoms with E-state index in [2.05, 4.69) is 20.8 Å². The minimum absolute atomic E-state index is 0.0174. The molecule has 2 aromatic carbocycles. The number of anilines is 2. The Labute approximate surface area is 176 Å². The number of benzene rings is 2. The van der Waals surface area contributed by atoms with E-state index in [0.717, 1.165) is 12.1 Å². The average molecular weight is 434 g/mol. The molecule has 164 valence electrons. The third kappa shape index (κ3) is 6.21. The van der Waals surface area contributed by atoms with Crippen LogP contribution in [0.15, 0.2) is 52.9 Å². The summed E-state index contributed by atoms with van der Waals surface area (Å²) in [5.74, 6) is 0.362. The molecule has 3 rings (SSSR count). The number of carbonyl (C=O) groups is 1. The third-order valence-corrected chi connectivity index (χ3v) is 3.90. The molecule has 0 aliphatic heterocycles. The zero-order valence-corrected chi connectivity index (χ0v) is 17.1. The van der Waals surface area contributed by atoms with Gasteiger partial charge in [-0.25, -0.2) is 4.79 Å². The molecule has 0 saturated carbocycles. The zero-order valence-electron chi connectivity index (χ0n) is 17.1. The molecule has 7 nitrogen and oxygen atoms in total. The van der Waals surface area contributed by atoms with Gasteiger partial charge in [0, 0.05) is 5.69 Å². The van der Waals surface area contributed by atoms with Crippen LogP contribution < -0.4 is 10.6 Å². The van der Waals surface area contributed by atoms with Crippen molar-refractivity contribution in [2.24, 2.45) is 0 Å². The summed E-state index contributed by atoms with van der Waals surface area (Å²) in [4.78, 5) is 11.7. The number of hydrogen-bond acceptors (Lipinski definition) is 6. The van der Waals surface area contributed by atoms with Crippen LogP contribution >= 0.6 is 0 Å².